The van der Waals surface area contributed by atoms with Crippen LogP contribution >= 0.6 is 0 Å². The summed E-state index contributed by atoms with van der Waals surface area (Å²) in [5, 5.41) is -0.611. The average molecular weight is 855 g/mol. The molecule has 5 aliphatic carbocycles. The lowest BCUT2D eigenvalue weighted by Crippen LogP contribution is -2.40. The Balaban J connectivity index is 0.869. The van der Waals surface area contributed by atoms with Gasteiger partial charge in [-0.1, -0.05) is 151 Å². The van der Waals surface area contributed by atoms with Crippen LogP contribution in [0.25, 0.3) is 33.4 Å². The third kappa shape index (κ3) is 4.65. The summed E-state index contributed by atoms with van der Waals surface area (Å²) >= 11 is 0. The first kappa shape index (κ1) is 37.2. The molecule has 306 valence electrons. The second-order valence-electron chi connectivity index (χ2n) is 18.3. The fourth-order valence-electron chi connectivity index (χ4n) is 13.1. The largest absolute Gasteiger partial charge is 0.223 e. The van der Waals surface area contributed by atoms with Crippen molar-refractivity contribution in [2.24, 2.45) is 5.92 Å². The van der Waals surface area contributed by atoms with Gasteiger partial charge in [0.05, 0.1) is 30.8 Å². The van der Waals surface area contributed by atoms with Gasteiger partial charge in [0.15, 0.2) is 9.84 Å². The minimum absolute atomic E-state index is 0.0420. The van der Waals surface area contributed by atoms with Crippen molar-refractivity contribution in [3.63, 3.8) is 0 Å². The van der Waals surface area contributed by atoms with Gasteiger partial charge in [-0.15, -0.1) is 0 Å². The number of hydrogen-bond acceptors (Lipinski definition) is 4. The Morgan fingerprint density at radius 1 is 0.429 bits per heavy atom. The van der Waals surface area contributed by atoms with E-state index in [4.69, 9.17) is 0 Å². The Morgan fingerprint density at radius 3 is 1.54 bits per heavy atom. The molecule has 0 N–H and O–H groups in total. The maximum absolute atomic E-state index is 14.9. The molecule has 0 radical (unpaired) electrons. The minimum Gasteiger partial charge on any atom is -0.223 e. The van der Waals surface area contributed by atoms with Gasteiger partial charge in [-0.05, 0) is 152 Å². The molecule has 0 amide bonds. The van der Waals surface area contributed by atoms with Crippen molar-refractivity contribution in [1.29, 1.82) is 0 Å². The third-order valence-electron chi connectivity index (χ3n) is 15.6. The van der Waals surface area contributed by atoms with Crippen molar-refractivity contribution < 1.29 is 16.8 Å². The van der Waals surface area contributed by atoms with Crippen LogP contribution in [0.4, 0.5) is 0 Å². The zero-order valence-corrected chi connectivity index (χ0v) is 36.3. The number of rotatable bonds is 4. The lowest BCUT2D eigenvalue weighted by atomic mass is 9.62. The Morgan fingerprint density at radius 2 is 0.905 bits per heavy atom. The van der Waals surface area contributed by atoms with Gasteiger partial charge in [0.1, 0.15) is 0 Å². The van der Waals surface area contributed by atoms with Crippen LogP contribution in [0.3, 0.4) is 0 Å². The van der Waals surface area contributed by atoms with E-state index >= 15 is 0 Å². The lowest BCUT2D eigenvalue weighted by molar-refractivity contribution is 0.266. The molecule has 0 aromatic heterocycles. The molecule has 5 aliphatic rings. The van der Waals surface area contributed by atoms with Crippen LogP contribution in [-0.2, 0) is 30.5 Å². The van der Waals surface area contributed by atoms with Crippen LogP contribution < -0.4 is 0 Å². The van der Waals surface area contributed by atoms with E-state index in [1.165, 1.54) is 63.2 Å². The topological polar surface area (TPSA) is 68.3 Å². The number of fused-ring (bicyclic) bond motifs is 20. The Kier molecular flexibility index (Phi) is 7.61. The molecule has 0 heterocycles. The van der Waals surface area contributed by atoms with Crippen molar-refractivity contribution in [2.45, 2.75) is 62.9 Å². The molecule has 0 bridgehead atoms. The van der Waals surface area contributed by atoms with Crippen molar-refractivity contribution in [3.05, 3.63) is 232 Å². The summed E-state index contributed by atoms with van der Waals surface area (Å²) in [6.07, 6.45) is 1.82. The van der Waals surface area contributed by atoms with Gasteiger partial charge in [0.2, 0.25) is 9.84 Å². The molecule has 4 atom stereocenters. The molecule has 1 saturated carbocycles. The highest BCUT2D eigenvalue weighted by Crippen LogP contribution is 2.68. The van der Waals surface area contributed by atoms with E-state index in [9.17, 15) is 16.8 Å². The number of sulfone groups is 2. The van der Waals surface area contributed by atoms with Crippen LogP contribution in [0.2, 0.25) is 0 Å². The molecular formula is C57H42O4S2. The smallest absolute Gasteiger partial charge is 0.206 e. The Labute approximate surface area is 368 Å². The number of aryl methyl sites for hydroxylation is 1. The molecule has 0 saturated heterocycles. The van der Waals surface area contributed by atoms with Crippen LogP contribution in [0.15, 0.2) is 197 Å². The molecule has 63 heavy (non-hydrogen) atoms. The molecule has 1 fully saturated rings. The predicted molar refractivity (Wildman–Crippen MR) is 249 cm³/mol. The molecule has 8 aromatic rings. The molecule has 0 aliphatic heterocycles. The van der Waals surface area contributed by atoms with Gasteiger partial charge in [-0.3, -0.25) is 0 Å². The van der Waals surface area contributed by atoms with Gasteiger partial charge in [-0.2, -0.15) is 0 Å². The average Bonchev–Trinajstić information content (AvgIpc) is 4.00. The van der Waals surface area contributed by atoms with Gasteiger partial charge >= 0.3 is 0 Å². The minimum atomic E-state index is -4.05. The normalized spacial score (nSPS) is 21.5. The summed E-state index contributed by atoms with van der Waals surface area (Å²) in [6, 6.07) is 61.1. The van der Waals surface area contributed by atoms with Gasteiger partial charge in [0, 0.05) is 0 Å². The molecule has 2 spiro atoms. The summed E-state index contributed by atoms with van der Waals surface area (Å²) in [5.41, 5.74) is 16.4. The first-order chi connectivity index (χ1) is 30.7. The summed E-state index contributed by atoms with van der Waals surface area (Å²) in [6.45, 7) is 2.14. The van der Waals surface area contributed by atoms with Gasteiger partial charge < -0.3 is 0 Å². The molecule has 13 rings (SSSR count). The van der Waals surface area contributed by atoms with E-state index in [1.54, 1.807) is 6.07 Å². The van der Waals surface area contributed by atoms with Crippen LogP contribution in [0.5, 0.6) is 0 Å². The van der Waals surface area contributed by atoms with Crippen LogP contribution in [-0.4, -0.2) is 22.1 Å². The van der Waals surface area contributed by atoms with E-state index in [0.29, 0.717) is 12.8 Å². The van der Waals surface area contributed by atoms with Crippen molar-refractivity contribution in [1.82, 2.24) is 0 Å². The van der Waals surface area contributed by atoms with E-state index < -0.39 is 35.8 Å². The maximum Gasteiger partial charge on any atom is 0.206 e. The van der Waals surface area contributed by atoms with Crippen molar-refractivity contribution in [2.75, 3.05) is 0 Å². The zero-order valence-electron chi connectivity index (χ0n) is 34.6. The van der Waals surface area contributed by atoms with E-state index in [0.717, 1.165) is 50.9 Å². The SMILES string of the molecule is Cc1ccc2c(c1)[C@@]1(c3ccccc3-2)c2ccccc2[C@H]2CCC(S(=O)(=O)c3ccc(S(=O)(=O)c4ccc5c(c4)C4(c6ccccc6-c6ccccc64)c4ccccc4-5)cc3)CC21. The predicted octanol–water partition coefficient (Wildman–Crippen LogP) is 12.2. The zero-order chi connectivity index (χ0) is 42.5. The Bertz CT molecular complexity index is 3450. The molecule has 8 aromatic carbocycles. The summed E-state index contributed by atoms with van der Waals surface area (Å²) < 4.78 is 59.2. The lowest BCUT2D eigenvalue weighted by Gasteiger charge is -2.42. The second-order valence-corrected chi connectivity index (χ2v) is 22.4. The Hall–Kier alpha value is -6.34. The summed E-state index contributed by atoms with van der Waals surface area (Å²) in [4.78, 5) is 0.421. The third-order valence-corrected chi connectivity index (χ3v) is 19.6. The highest BCUT2D eigenvalue weighted by molar-refractivity contribution is 7.92. The quantitative estimate of drug-likeness (QED) is 0.177. The van der Waals surface area contributed by atoms with Crippen LogP contribution in [0.1, 0.15) is 75.3 Å². The van der Waals surface area contributed by atoms with Crippen molar-refractivity contribution in [3.8, 4) is 33.4 Å². The monoisotopic (exact) mass is 854 g/mol. The molecule has 6 heteroatoms. The standard InChI is InChI=1S/C57H42O4S2/c1-35-22-29-45-42-14-5-10-20-51(42)57(53(45)32-35)52-21-11-6-16-44(52)47-31-28-39(34-55(47)57)63(60,61)37-25-23-36(24-26-37)62(58,59)38-27-30-46-43-15-4-9-19-50(43)56(54(46)33-38)48-17-7-2-12-40(48)41-13-3-8-18-49(41)56/h2-27,29-30,32-33,39,47,55H,28,31,34H2,1H3/t39?,47-,55?,57-/m1/s1. The molecule has 2 unspecified atom stereocenters. The second kappa shape index (κ2) is 12.9. The van der Waals surface area contributed by atoms with Crippen LogP contribution in [0, 0.1) is 12.8 Å². The van der Waals surface area contributed by atoms with Gasteiger partial charge in [0.25, 0.3) is 0 Å². The van der Waals surface area contributed by atoms with Crippen molar-refractivity contribution >= 4 is 19.7 Å². The van der Waals surface area contributed by atoms with E-state index in [-0.39, 0.29) is 26.5 Å². The van der Waals surface area contributed by atoms with E-state index in [2.05, 4.69) is 140 Å². The summed E-state index contributed by atoms with van der Waals surface area (Å²) in [5.74, 6) is 0.269. The highest BCUT2D eigenvalue weighted by Gasteiger charge is 2.60. The first-order valence-corrected chi connectivity index (χ1v) is 25.0. The molecule has 4 nitrogen and oxygen atoms in total. The number of benzene rings is 8. The summed E-state index contributed by atoms with van der Waals surface area (Å²) in [7, 11) is -7.88. The fraction of sp³-hybridized carbons (Fsp3) is 0.158. The van der Waals surface area contributed by atoms with Gasteiger partial charge in [-0.25, -0.2) is 16.8 Å². The molecular weight excluding hydrogens is 813 g/mol. The van der Waals surface area contributed by atoms with E-state index in [1.807, 2.05) is 18.2 Å². The maximum atomic E-state index is 14.9. The first-order valence-electron chi connectivity index (χ1n) is 22.0. The fourth-order valence-corrected chi connectivity index (χ4v) is 16.2. The number of hydrogen-bond donors (Lipinski definition) is 0. The highest BCUT2D eigenvalue weighted by atomic mass is 32.2.